The van der Waals surface area contributed by atoms with E-state index in [0.717, 1.165) is 31.2 Å². The summed E-state index contributed by atoms with van der Waals surface area (Å²) in [5.74, 6) is 0.0454. The third kappa shape index (κ3) is 4.26. The number of amides is 3. The molecule has 2 heterocycles. The quantitative estimate of drug-likeness (QED) is 0.511. The van der Waals surface area contributed by atoms with Gasteiger partial charge in [0.2, 0.25) is 5.91 Å². The van der Waals surface area contributed by atoms with Gasteiger partial charge >= 0.3 is 0 Å². The van der Waals surface area contributed by atoms with Crippen molar-refractivity contribution in [1.29, 1.82) is 5.26 Å². The maximum atomic E-state index is 12.4. The van der Waals surface area contributed by atoms with Crippen molar-refractivity contribution in [2.24, 2.45) is 5.92 Å². The molecule has 2 aliphatic rings. The lowest BCUT2D eigenvalue weighted by Gasteiger charge is -2.17. The molecule has 1 N–H and O–H groups in total. The van der Waals surface area contributed by atoms with Crippen molar-refractivity contribution in [3.05, 3.63) is 51.4 Å². The van der Waals surface area contributed by atoms with Gasteiger partial charge in [-0.2, -0.15) is 5.26 Å². The van der Waals surface area contributed by atoms with Gasteiger partial charge in [0.1, 0.15) is 11.1 Å². The standard InChI is InChI=1S/C24H25N3O3S/c1-15-10-11-16-19(14-25)22(31-20(16)13-15)26-21(28)9-3-2-6-12-27-23(29)17-7-4-5-8-18(17)24(27)30/h4-5,7-8,15H,2-3,6,9-13H2,1H3,(H,26,28)/t15-/m0/s1. The van der Waals surface area contributed by atoms with Crippen molar-refractivity contribution < 1.29 is 14.4 Å². The third-order valence-corrected chi connectivity index (χ3v) is 7.21. The molecular formula is C24H25N3O3S. The van der Waals surface area contributed by atoms with Crippen LogP contribution in [0.25, 0.3) is 0 Å². The van der Waals surface area contributed by atoms with E-state index in [1.807, 2.05) is 0 Å². The Labute approximate surface area is 185 Å². The van der Waals surface area contributed by atoms with Crippen molar-refractivity contribution in [3.63, 3.8) is 0 Å². The average molecular weight is 436 g/mol. The summed E-state index contributed by atoms with van der Waals surface area (Å²) in [6, 6.07) is 9.15. The van der Waals surface area contributed by atoms with Gasteiger partial charge in [0.25, 0.3) is 11.8 Å². The van der Waals surface area contributed by atoms with Crippen LogP contribution in [0.15, 0.2) is 24.3 Å². The second-order valence-electron chi connectivity index (χ2n) is 8.33. The molecule has 0 saturated carbocycles. The van der Waals surface area contributed by atoms with Crippen LogP contribution in [0.3, 0.4) is 0 Å². The van der Waals surface area contributed by atoms with E-state index in [1.165, 1.54) is 21.1 Å². The van der Waals surface area contributed by atoms with Gasteiger partial charge in [-0.15, -0.1) is 11.3 Å². The van der Waals surface area contributed by atoms with E-state index in [1.54, 1.807) is 24.3 Å². The Hall–Kier alpha value is -2.98. The number of anilines is 1. The number of benzene rings is 1. The van der Waals surface area contributed by atoms with Gasteiger partial charge in [-0.1, -0.05) is 25.5 Å². The molecule has 160 valence electrons. The largest absolute Gasteiger partial charge is 0.317 e. The number of rotatable bonds is 7. The Morgan fingerprint density at radius 2 is 1.90 bits per heavy atom. The monoisotopic (exact) mass is 435 g/mol. The highest BCUT2D eigenvalue weighted by Gasteiger charge is 2.34. The number of nitrogens with zero attached hydrogens (tertiary/aromatic N) is 2. The second-order valence-corrected chi connectivity index (χ2v) is 9.44. The number of imide groups is 1. The lowest BCUT2D eigenvalue weighted by atomic mass is 9.88. The first kappa shape index (κ1) is 21.3. The number of carbonyl (C=O) groups is 3. The zero-order chi connectivity index (χ0) is 22.0. The zero-order valence-electron chi connectivity index (χ0n) is 17.6. The van der Waals surface area contributed by atoms with Crippen LogP contribution in [0, 0.1) is 17.2 Å². The number of unbranched alkanes of at least 4 members (excludes halogenated alkanes) is 2. The summed E-state index contributed by atoms with van der Waals surface area (Å²) in [6.45, 7) is 2.58. The van der Waals surface area contributed by atoms with E-state index in [-0.39, 0.29) is 17.7 Å². The highest BCUT2D eigenvalue weighted by Crippen LogP contribution is 2.39. The number of hydrogen-bond acceptors (Lipinski definition) is 5. The van der Waals surface area contributed by atoms with Gasteiger partial charge in [-0.05, 0) is 55.7 Å². The number of nitrogens with one attached hydrogen (secondary N) is 1. The molecule has 2 aromatic rings. The summed E-state index contributed by atoms with van der Waals surface area (Å²) in [5.41, 5.74) is 2.68. The molecule has 1 aromatic carbocycles. The van der Waals surface area contributed by atoms with E-state index in [2.05, 4.69) is 18.3 Å². The minimum absolute atomic E-state index is 0.0936. The summed E-state index contributed by atoms with van der Waals surface area (Å²) in [6.07, 6.45) is 5.38. The van der Waals surface area contributed by atoms with Crippen LogP contribution in [0.2, 0.25) is 0 Å². The van der Waals surface area contributed by atoms with Crippen LogP contribution in [0.5, 0.6) is 0 Å². The number of nitriles is 1. The molecule has 0 spiro atoms. The Bertz CT molecular complexity index is 1050. The molecule has 1 aromatic heterocycles. The molecule has 3 amide bonds. The lowest BCUT2D eigenvalue weighted by Crippen LogP contribution is -2.30. The van der Waals surface area contributed by atoms with E-state index in [0.29, 0.717) is 53.4 Å². The molecule has 0 fully saturated rings. The van der Waals surface area contributed by atoms with Gasteiger partial charge in [-0.3, -0.25) is 19.3 Å². The predicted molar refractivity (Wildman–Crippen MR) is 119 cm³/mol. The normalized spacial score (nSPS) is 17.3. The summed E-state index contributed by atoms with van der Waals surface area (Å²) >= 11 is 1.54. The van der Waals surface area contributed by atoms with Crippen molar-refractivity contribution in [2.45, 2.75) is 51.9 Å². The van der Waals surface area contributed by atoms with Gasteiger partial charge < -0.3 is 5.32 Å². The molecule has 0 saturated heterocycles. The van der Waals surface area contributed by atoms with Crippen molar-refractivity contribution in [2.75, 3.05) is 11.9 Å². The van der Waals surface area contributed by atoms with Crippen LogP contribution < -0.4 is 5.32 Å². The molecule has 0 radical (unpaired) electrons. The third-order valence-electron chi connectivity index (χ3n) is 6.04. The van der Waals surface area contributed by atoms with Gasteiger partial charge in [0.05, 0.1) is 16.7 Å². The molecular weight excluding hydrogens is 410 g/mol. The van der Waals surface area contributed by atoms with Crippen LogP contribution in [0.1, 0.15) is 75.7 Å². The van der Waals surface area contributed by atoms with Crippen LogP contribution in [0.4, 0.5) is 5.00 Å². The van der Waals surface area contributed by atoms with E-state index in [4.69, 9.17) is 0 Å². The summed E-state index contributed by atoms with van der Waals surface area (Å²) < 4.78 is 0. The average Bonchev–Trinajstić information content (AvgIpc) is 3.22. The Morgan fingerprint density at radius 1 is 1.19 bits per heavy atom. The lowest BCUT2D eigenvalue weighted by molar-refractivity contribution is -0.116. The molecule has 1 aliphatic heterocycles. The molecule has 4 rings (SSSR count). The maximum Gasteiger partial charge on any atom is 0.261 e. The molecule has 1 atom stereocenters. The van der Waals surface area contributed by atoms with Crippen LogP contribution in [-0.2, 0) is 17.6 Å². The highest BCUT2D eigenvalue weighted by atomic mass is 32.1. The molecule has 31 heavy (non-hydrogen) atoms. The first-order chi connectivity index (χ1) is 15.0. The number of hydrogen-bond donors (Lipinski definition) is 1. The number of carbonyl (C=O) groups excluding carboxylic acids is 3. The van der Waals surface area contributed by atoms with Crippen molar-refractivity contribution in [3.8, 4) is 6.07 Å². The number of fused-ring (bicyclic) bond motifs is 2. The Kier molecular flexibility index (Phi) is 6.19. The smallest absolute Gasteiger partial charge is 0.261 e. The van der Waals surface area contributed by atoms with Gasteiger partial charge in [0, 0.05) is 17.8 Å². The fourth-order valence-corrected chi connectivity index (χ4v) is 5.70. The second kappa shape index (κ2) is 9.03. The maximum absolute atomic E-state index is 12.4. The van der Waals surface area contributed by atoms with Crippen LogP contribution >= 0.6 is 11.3 Å². The molecule has 7 heteroatoms. The number of thiophene rings is 1. The fraction of sp³-hybridized carbons (Fsp3) is 0.417. The Balaban J connectivity index is 1.24. The van der Waals surface area contributed by atoms with Crippen molar-refractivity contribution in [1.82, 2.24) is 4.90 Å². The van der Waals surface area contributed by atoms with Crippen molar-refractivity contribution >= 4 is 34.1 Å². The highest BCUT2D eigenvalue weighted by molar-refractivity contribution is 7.16. The zero-order valence-corrected chi connectivity index (χ0v) is 18.4. The topological polar surface area (TPSA) is 90.3 Å². The van der Waals surface area contributed by atoms with E-state index >= 15 is 0 Å². The van der Waals surface area contributed by atoms with E-state index in [9.17, 15) is 19.6 Å². The molecule has 0 bridgehead atoms. The van der Waals surface area contributed by atoms with Gasteiger partial charge in [0.15, 0.2) is 0 Å². The SMILES string of the molecule is C[C@H]1CCc2c(sc(NC(=O)CCCCCN3C(=O)c4ccccc4C3=O)c2C#N)C1. The molecule has 6 nitrogen and oxygen atoms in total. The summed E-state index contributed by atoms with van der Waals surface area (Å²) in [7, 11) is 0. The summed E-state index contributed by atoms with van der Waals surface area (Å²) in [4.78, 5) is 39.6. The first-order valence-corrected chi connectivity index (χ1v) is 11.6. The minimum Gasteiger partial charge on any atom is -0.317 e. The summed E-state index contributed by atoms with van der Waals surface area (Å²) in [5, 5.41) is 13.2. The predicted octanol–water partition coefficient (Wildman–Crippen LogP) is 4.54. The van der Waals surface area contributed by atoms with E-state index < -0.39 is 0 Å². The van der Waals surface area contributed by atoms with Gasteiger partial charge in [-0.25, -0.2) is 0 Å². The Morgan fingerprint density at radius 3 is 2.58 bits per heavy atom. The molecule has 0 unspecified atom stereocenters. The molecule has 1 aliphatic carbocycles. The fourth-order valence-electron chi connectivity index (χ4n) is 4.32. The first-order valence-electron chi connectivity index (χ1n) is 10.8. The van der Waals surface area contributed by atoms with Crippen LogP contribution in [-0.4, -0.2) is 29.2 Å². The minimum atomic E-state index is -0.238.